The third-order valence-electron chi connectivity index (χ3n) is 2.80. The number of hydrogen-bond donors (Lipinski definition) is 0. The minimum Gasteiger partial charge on any atom is -0.381 e. The number of unbranched alkanes of at least 4 members (excludes halogenated alkanes) is 3. The molecule has 0 unspecified atom stereocenters. The maximum atomic E-state index is 10.6. The van der Waals surface area contributed by atoms with E-state index in [-0.39, 0.29) is 5.69 Å². The van der Waals surface area contributed by atoms with Crippen LogP contribution in [0.25, 0.3) is 0 Å². The summed E-state index contributed by atoms with van der Waals surface area (Å²) in [6, 6.07) is 6.39. The standard InChI is InChI=1S/C16H20BrNO3/c17-11-4-2-6-13-21-12-5-1-3-8-15-9-7-10-16(14-15)18(19)20/h7,9-10,14H,1-2,4-6,11-13H2. The largest absolute Gasteiger partial charge is 0.381 e. The summed E-state index contributed by atoms with van der Waals surface area (Å²) in [7, 11) is 0. The van der Waals surface area contributed by atoms with Crippen molar-refractivity contribution in [2.45, 2.75) is 32.1 Å². The highest BCUT2D eigenvalue weighted by Gasteiger charge is 2.03. The number of non-ortho nitro benzene ring substituents is 1. The zero-order valence-corrected chi connectivity index (χ0v) is 13.6. The predicted molar refractivity (Wildman–Crippen MR) is 87.7 cm³/mol. The molecule has 1 rings (SSSR count). The van der Waals surface area contributed by atoms with E-state index in [1.165, 1.54) is 25.0 Å². The zero-order valence-electron chi connectivity index (χ0n) is 12.0. The third-order valence-corrected chi connectivity index (χ3v) is 3.36. The molecular formula is C16H20BrNO3. The third kappa shape index (κ3) is 8.49. The molecule has 4 nitrogen and oxygen atoms in total. The number of nitro groups is 1. The molecule has 0 radical (unpaired) electrons. The van der Waals surface area contributed by atoms with Crippen molar-refractivity contribution in [3.8, 4) is 11.8 Å². The molecule has 0 aliphatic heterocycles. The van der Waals surface area contributed by atoms with E-state index in [1.807, 2.05) is 0 Å². The molecule has 1 aromatic carbocycles. The molecule has 0 bridgehead atoms. The van der Waals surface area contributed by atoms with E-state index >= 15 is 0 Å². The molecule has 0 fully saturated rings. The van der Waals surface area contributed by atoms with Gasteiger partial charge in [-0.3, -0.25) is 10.1 Å². The Hall–Kier alpha value is -1.38. The monoisotopic (exact) mass is 353 g/mol. The van der Waals surface area contributed by atoms with Gasteiger partial charge >= 0.3 is 0 Å². The molecule has 0 aliphatic carbocycles. The summed E-state index contributed by atoms with van der Waals surface area (Å²) in [5.74, 6) is 5.96. The lowest BCUT2D eigenvalue weighted by Crippen LogP contribution is -1.96. The van der Waals surface area contributed by atoms with Crippen LogP contribution in [-0.4, -0.2) is 23.5 Å². The molecule has 114 valence electrons. The van der Waals surface area contributed by atoms with Crippen molar-refractivity contribution in [1.82, 2.24) is 0 Å². The molecule has 0 spiro atoms. The summed E-state index contributed by atoms with van der Waals surface area (Å²) in [6.45, 7) is 1.53. The predicted octanol–water partition coefficient (Wildman–Crippen LogP) is 4.31. The summed E-state index contributed by atoms with van der Waals surface area (Å²) in [5.41, 5.74) is 0.758. The molecule has 0 aliphatic rings. The Labute approximate surface area is 134 Å². The fourth-order valence-electron chi connectivity index (χ4n) is 1.70. The minimum absolute atomic E-state index is 0.0774. The number of halogens is 1. The average Bonchev–Trinajstić information content (AvgIpc) is 2.49. The van der Waals surface area contributed by atoms with Gasteiger partial charge in [0.05, 0.1) is 4.92 Å². The van der Waals surface area contributed by atoms with Crippen LogP contribution in [0, 0.1) is 22.0 Å². The van der Waals surface area contributed by atoms with Gasteiger partial charge in [0.1, 0.15) is 0 Å². The molecule has 0 aromatic heterocycles. The topological polar surface area (TPSA) is 52.4 Å². The smallest absolute Gasteiger partial charge is 0.270 e. The van der Waals surface area contributed by atoms with Crippen LogP contribution >= 0.6 is 15.9 Å². The van der Waals surface area contributed by atoms with Crippen LogP contribution < -0.4 is 0 Å². The Morgan fingerprint density at radius 1 is 1.19 bits per heavy atom. The van der Waals surface area contributed by atoms with Gasteiger partial charge in [-0.15, -0.1) is 0 Å². The number of ether oxygens (including phenoxy) is 1. The number of alkyl halides is 1. The van der Waals surface area contributed by atoms with Gasteiger partial charge in [0, 0.05) is 42.7 Å². The van der Waals surface area contributed by atoms with Crippen molar-refractivity contribution in [2.24, 2.45) is 0 Å². The van der Waals surface area contributed by atoms with Gasteiger partial charge in [-0.1, -0.05) is 40.3 Å². The summed E-state index contributed by atoms with van der Waals surface area (Å²) in [6.07, 6.45) is 5.12. The van der Waals surface area contributed by atoms with E-state index < -0.39 is 4.92 Å². The lowest BCUT2D eigenvalue weighted by Gasteiger charge is -2.01. The van der Waals surface area contributed by atoms with Gasteiger partial charge in [-0.25, -0.2) is 0 Å². The van der Waals surface area contributed by atoms with Crippen molar-refractivity contribution in [3.05, 3.63) is 39.9 Å². The second-order valence-electron chi connectivity index (χ2n) is 4.57. The van der Waals surface area contributed by atoms with Gasteiger partial charge in [-0.2, -0.15) is 0 Å². The summed E-state index contributed by atoms with van der Waals surface area (Å²) in [4.78, 5) is 10.2. The molecule has 0 heterocycles. The minimum atomic E-state index is -0.408. The molecule has 0 saturated carbocycles. The molecule has 5 heteroatoms. The number of hydrogen-bond acceptors (Lipinski definition) is 3. The van der Waals surface area contributed by atoms with Gasteiger partial charge in [0.2, 0.25) is 0 Å². The van der Waals surface area contributed by atoms with Crippen LogP contribution in [-0.2, 0) is 4.74 Å². The summed E-state index contributed by atoms with van der Waals surface area (Å²) >= 11 is 3.40. The highest BCUT2D eigenvalue weighted by molar-refractivity contribution is 9.09. The Morgan fingerprint density at radius 3 is 2.76 bits per heavy atom. The average molecular weight is 354 g/mol. The second kappa shape index (κ2) is 11.3. The van der Waals surface area contributed by atoms with Crippen LogP contribution in [0.3, 0.4) is 0 Å². The van der Waals surface area contributed by atoms with Crippen LogP contribution in [0.15, 0.2) is 24.3 Å². The molecule has 0 atom stereocenters. The highest BCUT2D eigenvalue weighted by Crippen LogP contribution is 2.12. The molecule has 0 amide bonds. The fourth-order valence-corrected chi connectivity index (χ4v) is 2.10. The van der Waals surface area contributed by atoms with Crippen molar-refractivity contribution in [1.29, 1.82) is 0 Å². The maximum absolute atomic E-state index is 10.6. The summed E-state index contributed by atoms with van der Waals surface area (Å²) < 4.78 is 5.51. The first-order chi connectivity index (χ1) is 10.2. The van der Waals surface area contributed by atoms with Crippen molar-refractivity contribution < 1.29 is 9.66 Å². The van der Waals surface area contributed by atoms with Crippen LogP contribution in [0.2, 0.25) is 0 Å². The fraction of sp³-hybridized carbons (Fsp3) is 0.500. The van der Waals surface area contributed by atoms with E-state index in [4.69, 9.17) is 4.74 Å². The normalized spacial score (nSPS) is 9.95. The molecule has 1 aromatic rings. The number of nitrogens with zero attached hydrogens (tertiary/aromatic N) is 1. The van der Waals surface area contributed by atoms with E-state index in [2.05, 4.69) is 27.8 Å². The first-order valence-corrected chi connectivity index (χ1v) is 8.23. The van der Waals surface area contributed by atoms with E-state index in [0.29, 0.717) is 5.56 Å². The van der Waals surface area contributed by atoms with E-state index in [1.54, 1.807) is 12.1 Å². The van der Waals surface area contributed by atoms with Crippen LogP contribution in [0.1, 0.15) is 37.7 Å². The quantitative estimate of drug-likeness (QED) is 0.218. The maximum Gasteiger partial charge on any atom is 0.270 e. The van der Waals surface area contributed by atoms with Gasteiger partial charge in [0.15, 0.2) is 0 Å². The summed E-state index contributed by atoms with van der Waals surface area (Å²) in [5, 5.41) is 11.7. The van der Waals surface area contributed by atoms with Gasteiger partial charge in [0.25, 0.3) is 5.69 Å². The molecule has 0 N–H and O–H groups in total. The Balaban J connectivity index is 2.16. The van der Waals surface area contributed by atoms with Gasteiger partial charge in [-0.05, 0) is 25.3 Å². The lowest BCUT2D eigenvalue weighted by molar-refractivity contribution is -0.384. The van der Waals surface area contributed by atoms with Crippen molar-refractivity contribution in [3.63, 3.8) is 0 Å². The number of rotatable bonds is 9. The van der Waals surface area contributed by atoms with Crippen molar-refractivity contribution in [2.75, 3.05) is 18.5 Å². The van der Waals surface area contributed by atoms with E-state index in [0.717, 1.165) is 37.8 Å². The van der Waals surface area contributed by atoms with Crippen LogP contribution in [0.5, 0.6) is 0 Å². The highest BCUT2D eigenvalue weighted by atomic mass is 79.9. The molecular weight excluding hydrogens is 334 g/mol. The molecule has 0 saturated heterocycles. The SMILES string of the molecule is O=[N+]([O-])c1cccc(C#CCCCOCCCCCBr)c1. The van der Waals surface area contributed by atoms with Crippen LogP contribution in [0.4, 0.5) is 5.69 Å². The number of benzene rings is 1. The lowest BCUT2D eigenvalue weighted by atomic mass is 10.2. The molecule has 21 heavy (non-hydrogen) atoms. The Morgan fingerprint density at radius 2 is 2.00 bits per heavy atom. The Bertz CT molecular complexity index is 494. The Kier molecular flexibility index (Phi) is 9.51. The zero-order chi connectivity index (χ0) is 15.3. The van der Waals surface area contributed by atoms with Crippen molar-refractivity contribution >= 4 is 21.6 Å². The first-order valence-electron chi connectivity index (χ1n) is 7.11. The number of nitro benzene ring substituents is 1. The van der Waals surface area contributed by atoms with E-state index in [9.17, 15) is 10.1 Å². The first kappa shape index (κ1) is 17.7. The van der Waals surface area contributed by atoms with Gasteiger partial charge < -0.3 is 4.74 Å². The second-order valence-corrected chi connectivity index (χ2v) is 5.37.